The molecule has 0 fully saturated rings. The van der Waals surface area contributed by atoms with Gasteiger partial charge in [-0.1, -0.05) is 24.3 Å². The average molecular weight is 401 g/mol. The third-order valence-corrected chi connectivity index (χ3v) is 4.72. The van der Waals surface area contributed by atoms with Gasteiger partial charge in [0.05, 0.1) is 23.8 Å². The van der Waals surface area contributed by atoms with Crippen molar-refractivity contribution in [3.8, 4) is 6.07 Å². The van der Waals surface area contributed by atoms with Crippen molar-refractivity contribution in [3.05, 3.63) is 94.3 Å². The zero-order valence-corrected chi connectivity index (χ0v) is 17.0. The van der Waals surface area contributed by atoms with Crippen LogP contribution in [0.3, 0.4) is 0 Å². The van der Waals surface area contributed by atoms with E-state index in [0.717, 1.165) is 16.7 Å². The van der Waals surface area contributed by atoms with Crippen LogP contribution in [-0.2, 0) is 17.7 Å². The van der Waals surface area contributed by atoms with Crippen LogP contribution in [0.25, 0.3) is 0 Å². The molecule has 6 nitrogen and oxygen atoms in total. The molecule has 0 aliphatic rings. The summed E-state index contributed by atoms with van der Waals surface area (Å²) in [5, 5.41) is 11.7. The van der Waals surface area contributed by atoms with E-state index in [1.54, 1.807) is 38.4 Å². The van der Waals surface area contributed by atoms with Crippen LogP contribution in [0.2, 0.25) is 0 Å². The molecule has 0 atom stereocenters. The van der Waals surface area contributed by atoms with Crippen LogP contribution in [0.5, 0.6) is 0 Å². The number of ether oxygens (including phenoxy) is 1. The van der Waals surface area contributed by atoms with Crippen LogP contribution >= 0.6 is 0 Å². The molecule has 3 rings (SSSR count). The number of hydrogen-bond acceptors (Lipinski definition) is 4. The number of nitrogens with one attached hydrogen (secondary N) is 1. The molecule has 0 saturated carbocycles. The Morgan fingerprint density at radius 1 is 1.10 bits per heavy atom. The number of benzene rings is 2. The van der Waals surface area contributed by atoms with Crippen molar-refractivity contribution in [2.75, 3.05) is 13.7 Å². The fourth-order valence-corrected chi connectivity index (χ4v) is 3.27. The van der Waals surface area contributed by atoms with Crippen molar-refractivity contribution in [2.45, 2.75) is 19.9 Å². The first-order valence-electron chi connectivity index (χ1n) is 9.70. The van der Waals surface area contributed by atoms with Crippen LogP contribution in [0.1, 0.15) is 49.9 Å². The molecule has 0 saturated heterocycles. The summed E-state index contributed by atoms with van der Waals surface area (Å²) in [4.78, 5) is 24.2. The van der Waals surface area contributed by atoms with Gasteiger partial charge in [-0.25, -0.2) is 4.79 Å². The van der Waals surface area contributed by atoms with Gasteiger partial charge in [0.15, 0.2) is 0 Å². The smallest absolute Gasteiger partial charge is 0.339 e. The maximum absolute atomic E-state index is 12.5. The van der Waals surface area contributed by atoms with E-state index in [-0.39, 0.29) is 11.9 Å². The lowest BCUT2D eigenvalue weighted by Gasteiger charge is -2.05. The molecule has 2 aromatic carbocycles. The number of carbonyl (C=O) groups is 2. The van der Waals surface area contributed by atoms with Crippen molar-refractivity contribution >= 4 is 11.9 Å². The third-order valence-electron chi connectivity index (χ3n) is 4.72. The lowest BCUT2D eigenvalue weighted by molar-refractivity contribution is 0.0525. The predicted molar refractivity (Wildman–Crippen MR) is 113 cm³/mol. The van der Waals surface area contributed by atoms with E-state index in [2.05, 4.69) is 11.4 Å². The molecule has 152 valence electrons. The Kier molecular flexibility index (Phi) is 6.66. The summed E-state index contributed by atoms with van der Waals surface area (Å²) >= 11 is 0. The molecule has 6 heteroatoms. The minimum atomic E-state index is -0.362. The highest BCUT2D eigenvalue weighted by atomic mass is 16.5. The molecule has 1 aromatic heterocycles. The second-order valence-corrected chi connectivity index (χ2v) is 6.85. The van der Waals surface area contributed by atoms with Gasteiger partial charge in [-0.2, -0.15) is 5.26 Å². The van der Waals surface area contributed by atoms with Crippen LogP contribution in [0.15, 0.2) is 60.9 Å². The van der Waals surface area contributed by atoms with Crippen molar-refractivity contribution in [3.63, 3.8) is 0 Å². The Hall–Kier alpha value is -3.85. The summed E-state index contributed by atoms with van der Waals surface area (Å²) in [6.07, 6.45) is 4.25. The maximum Gasteiger partial charge on any atom is 0.339 e. The van der Waals surface area contributed by atoms with Crippen LogP contribution in [0, 0.1) is 11.3 Å². The summed E-state index contributed by atoms with van der Waals surface area (Å²) in [6.45, 7) is 2.62. The first kappa shape index (κ1) is 20.9. The van der Waals surface area contributed by atoms with Gasteiger partial charge in [0.25, 0.3) is 5.91 Å². The number of aromatic nitrogens is 1. The number of nitrogens with zero attached hydrogens (tertiary/aromatic N) is 2. The zero-order valence-electron chi connectivity index (χ0n) is 17.0. The number of rotatable bonds is 7. The average Bonchev–Trinajstić information content (AvgIpc) is 3.16. The fourth-order valence-electron chi connectivity index (χ4n) is 3.27. The second-order valence-electron chi connectivity index (χ2n) is 6.85. The Bertz CT molecular complexity index is 1090. The normalized spacial score (nSPS) is 10.3. The summed E-state index contributed by atoms with van der Waals surface area (Å²) < 4.78 is 7.15. The van der Waals surface area contributed by atoms with Crippen LogP contribution in [-0.4, -0.2) is 30.1 Å². The molecule has 0 radical (unpaired) electrons. The summed E-state index contributed by atoms with van der Waals surface area (Å²) in [6, 6.07) is 16.8. The van der Waals surface area contributed by atoms with Crippen LogP contribution < -0.4 is 5.32 Å². The van der Waals surface area contributed by atoms with E-state index in [1.807, 2.05) is 41.1 Å². The molecule has 0 unspecified atom stereocenters. The number of nitriles is 1. The molecule has 0 spiro atoms. The standard InChI is InChI=1S/C24H23N3O3/c1-3-30-24(29)22-16-27(14-19-6-4-5-18(11-19)13-25)15-21(22)12-17-7-9-20(10-8-17)23(28)26-2/h4-11,15-16H,3,12,14H2,1-2H3,(H,26,28). The van der Waals surface area contributed by atoms with E-state index in [9.17, 15) is 9.59 Å². The molecule has 0 bridgehead atoms. The number of amides is 1. The highest BCUT2D eigenvalue weighted by Gasteiger charge is 2.16. The van der Waals surface area contributed by atoms with Gasteiger partial charge in [0.2, 0.25) is 0 Å². The van der Waals surface area contributed by atoms with E-state index in [0.29, 0.717) is 36.3 Å². The number of esters is 1. The van der Waals surface area contributed by atoms with Crippen molar-refractivity contribution in [2.24, 2.45) is 0 Å². The second kappa shape index (κ2) is 9.57. The Balaban J connectivity index is 1.87. The van der Waals surface area contributed by atoms with Gasteiger partial charge < -0.3 is 14.6 Å². The topological polar surface area (TPSA) is 84.1 Å². The first-order valence-corrected chi connectivity index (χ1v) is 9.70. The van der Waals surface area contributed by atoms with Crippen LogP contribution in [0.4, 0.5) is 0 Å². The number of carbonyl (C=O) groups excluding carboxylic acids is 2. The first-order chi connectivity index (χ1) is 14.5. The quantitative estimate of drug-likeness (QED) is 0.614. The monoisotopic (exact) mass is 401 g/mol. The Morgan fingerprint density at radius 3 is 2.53 bits per heavy atom. The highest BCUT2D eigenvalue weighted by molar-refractivity contribution is 5.94. The minimum Gasteiger partial charge on any atom is -0.462 e. The SMILES string of the molecule is CCOC(=O)c1cn(Cc2cccc(C#N)c2)cc1Cc1ccc(C(=O)NC)cc1. The van der Waals surface area contributed by atoms with Gasteiger partial charge >= 0.3 is 5.97 Å². The lowest BCUT2D eigenvalue weighted by atomic mass is 10.0. The van der Waals surface area contributed by atoms with E-state index < -0.39 is 0 Å². The molecule has 30 heavy (non-hydrogen) atoms. The summed E-state index contributed by atoms with van der Waals surface area (Å²) in [5.74, 6) is -0.501. The molecule has 1 N–H and O–H groups in total. The van der Waals surface area contributed by atoms with Gasteiger partial charge in [-0.05, 0) is 54.3 Å². The predicted octanol–water partition coefficient (Wildman–Crippen LogP) is 3.54. The summed E-state index contributed by atoms with van der Waals surface area (Å²) in [7, 11) is 1.59. The zero-order chi connectivity index (χ0) is 21.5. The Morgan fingerprint density at radius 2 is 1.87 bits per heavy atom. The highest BCUT2D eigenvalue weighted by Crippen LogP contribution is 2.19. The molecule has 1 heterocycles. The minimum absolute atomic E-state index is 0.139. The molecule has 3 aromatic rings. The lowest BCUT2D eigenvalue weighted by Crippen LogP contribution is -2.17. The number of hydrogen-bond donors (Lipinski definition) is 1. The van der Waals surface area contributed by atoms with Gasteiger partial charge in [0, 0.05) is 31.5 Å². The Labute approximate surface area is 175 Å². The maximum atomic E-state index is 12.5. The van der Waals surface area contributed by atoms with E-state index >= 15 is 0 Å². The van der Waals surface area contributed by atoms with E-state index in [4.69, 9.17) is 10.00 Å². The molecule has 0 aliphatic heterocycles. The molecule has 0 aliphatic carbocycles. The molecule has 1 amide bonds. The third kappa shape index (κ3) is 4.95. The fraction of sp³-hybridized carbons (Fsp3) is 0.208. The molecular weight excluding hydrogens is 378 g/mol. The van der Waals surface area contributed by atoms with Gasteiger partial charge in [-0.15, -0.1) is 0 Å². The summed E-state index contributed by atoms with van der Waals surface area (Å²) in [5.41, 5.74) is 4.50. The van der Waals surface area contributed by atoms with E-state index in [1.165, 1.54) is 0 Å². The molecular formula is C24H23N3O3. The van der Waals surface area contributed by atoms with Crippen molar-refractivity contribution < 1.29 is 14.3 Å². The van der Waals surface area contributed by atoms with Gasteiger partial charge in [-0.3, -0.25) is 4.79 Å². The van der Waals surface area contributed by atoms with Gasteiger partial charge in [0.1, 0.15) is 0 Å². The van der Waals surface area contributed by atoms with Crippen molar-refractivity contribution in [1.82, 2.24) is 9.88 Å². The largest absolute Gasteiger partial charge is 0.462 e. The van der Waals surface area contributed by atoms with Crippen molar-refractivity contribution in [1.29, 1.82) is 5.26 Å².